The molecule has 0 radical (unpaired) electrons. The van der Waals surface area contributed by atoms with Gasteiger partial charge in [0, 0.05) is 6.42 Å². The SMILES string of the molecule is CCN(CC)C(C)(C#N)Cc1ccc(C)cc1. The van der Waals surface area contributed by atoms with Crippen LogP contribution in [0.5, 0.6) is 0 Å². The van der Waals surface area contributed by atoms with Crippen molar-refractivity contribution in [2.45, 2.75) is 39.7 Å². The van der Waals surface area contributed by atoms with Gasteiger partial charge in [-0.1, -0.05) is 43.7 Å². The van der Waals surface area contributed by atoms with Gasteiger partial charge in [0.25, 0.3) is 0 Å². The van der Waals surface area contributed by atoms with Crippen LogP contribution in [0.1, 0.15) is 31.9 Å². The van der Waals surface area contributed by atoms with E-state index in [2.05, 4.69) is 56.0 Å². The molecule has 0 spiro atoms. The summed E-state index contributed by atoms with van der Waals surface area (Å²) in [6.45, 7) is 10.1. The Balaban J connectivity index is 2.89. The zero-order valence-corrected chi connectivity index (χ0v) is 11.3. The molecule has 92 valence electrons. The van der Waals surface area contributed by atoms with E-state index in [9.17, 15) is 5.26 Å². The van der Waals surface area contributed by atoms with Crippen molar-refractivity contribution < 1.29 is 0 Å². The highest BCUT2D eigenvalue weighted by Gasteiger charge is 2.29. The molecule has 0 saturated carbocycles. The standard InChI is InChI=1S/C15H22N2/c1-5-17(6-2)15(4,12-16)11-14-9-7-13(3)8-10-14/h7-10H,5-6,11H2,1-4H3. The van der Waals surface area contributed by atoms with Gasteiger partial charge in [0.15, 0.2) is 0 Å². The monoisotopic (exact) mass is 230 g/mol. The average Bonchev–Trinajstić information content (AvgIpc) is 2.33. The highest BCUT2D eigenvalue weighted by atomic mass is 15.2. The molecule has 1 atom stereocenters. The third-order valence-corrected chi connectivity index (χ3v) is 3.37. The van der Waals surface area contributed by atoms with E-state index in [4.69, 9.17) is 0 Å². The first-order valence-corrected chi connectivity index (χ1v) is 6.27. The van der Waals surface area contributed by atoms with Crippen LogP contribution in [0.3, 0.4) is 0 Å². The summed E-state index contributed by atoms with van der Waals surface area (Å²) in [5, 5.41) is 9.44. The van der Waals surface area contributed by atoms with E-state index >= 15 is 0 Å². The molecule has 1 aromatic carbocycles. The minimum Gasteiger partial charge on any atom is -0.286 e. The molecule has 0 amide bonds. The number of rotatable bonds is 5. The predicted molar refractivity (Wildman–Crippen MR) is 71.8 cm³/mol. The molecule has 0 aliphatic rings. The van der Waals surface area contributed by atoms with E-state index in [0.29, 0.717) is 0 Å². The molecule has 0 bridgehead atoms. The first-order valence-electron chi connectivity index (χ1n) is 6.27. The van der Waals surface area contributed by atoms with Gasteiger partial charge in [-0.2, -0.15) is 5.26 Å². The lowest BCUT2D eigenvalue weighted by atomic mass is 9.92. The summed E-state index contributed by atoms with van der Waals surface area (Å²) >= 11 is 0. The molecule has 0 heterocycles. The zero-order chi connectivity index (χ0) is 12.9. The van der Waals surface area contributed by atoms with Crippen molar-refractivity contribution in [3.8, 4) is 6.07 Å². The molecule has 1 unspecified atom stereocenters. The highest BCUT2D eigenvalue weighted by molar-refractivity contribution is 5.25. The molecule has 0 aliphatic carbocycles. The molecule has 0 aromatic heterocycles. The van der Waals surface area contributed by atoms with E-state index in [0.717, 1.165) is 19.5 Å². The molecule has 0 aliphatic heterocycles. The van der Waals surface area contributed by atoms with Crippen LogP contribution < -0.4 is 0 Å². The fourth-order valence-corrected chi connectivity index (χ4v) is 2.25. The topological polar surface area (TPSA) is 27.0 Å². The lowest BCUT2D eigenvalue weighted by Crippen LogP contribution is -2.46. The van der Waals surface area contributed by atoms with Crippen LogP contribution in [-0.2, 0) is 6.42 Å². The summed E-state index contributed by atoms with van der Waals surface area (Å²) < 4.78 is 0. The second-order valence-corrected chi connectivity index (χ2v) is 4.72. The molecule has 2 heteroatoms. The summed E-state index contributed by atoms with van der Waals surface area (Å²) in [5.74, 6) is 0. The fraction of sp³-hybridized carbons (Fsp3) is 0.533. The predicted octanol–water partition coefficient (Wildman–Crippen LogP) is 3.16. The quantitative estimate of drug-likeness (QED) is 0.777. The van der Waals surface area contributed by atoms with Crippen molar-refractivity contribution in [3.05, 3.63) is 35.4 Å². The van der Waals surface area contributed by atoms with Gasteiger partial charge in [0.2, 0.25) is 0 Å². The third kappa shape index (κ3) is 3.31. The Morgan fingerprint density at radius 3 is 2.12 bits per heavy atom. The lowest BCUT2D eigenvalue weighted by Gasteiger charge is -2.34. The largest absolute Gasteiger partial charge is 0.286 e. The maximum Gasteiger partial charge on any atom is 0.110 e. The highest BCUT2D eigenvalue weighted by Crippen LogP contribution is 2.20. The van der Waals surface area contributed by atoms with Gasteiger partial charge in [0.05, 0.1) is 6.07 Å². The summed E-state index contributed by atoms with van der Waals surface area (Å²) in [5.41, 5.74) is 2.08. The van der Waals surface area contributed by atoms with Gasteiger partial charge in [-0.05, 0) is 32.5 Å². The average molecular weight is 230 g/mol. The Labute approximate surface area is 105 Å². The minimum atomic E-state index is -0.404. The van der Waals surface area contributed by atoms with Gasteiger partial charge < -0.3 is 0 Å². The van der Waals surface area contributed by atoms with Crippen molar-refractivity contribution >= 4 is 0 Å². The second kappa shape index (κ2) is 5.84. The van der Waals surface area contributed by atoms with Crippen LogP contribution >= 0.6 is 0 Å². The Kier molecular flexibility index (Phi) is 4.72. The number of hydrogen-bond donors (Lipinski definition) is 0. The summed E-state index contributed by atoms with van der Waals surface area (Å²) in [7, 11) is 0. The van der Waals surface area contributed by atoms with Crippen LogP contribution in [-0.4, -0.2) is 23.5 Å². The Morgan fingerprint density at radius 1 is 1.18 bits per heavy atom. The van der Waals surface area contributed by atoms with E-state index in [1.54, 1.807) is 0 Å². The summed E-state index contributed by atoms with van der Waals surface area (Å²) in [6, 6.07) is 10.9. The molecular formula is C15H22N2. The van der Waals surface area contributed by atoms with Gasteiger partial charge in [-0.3, -0.25) is 4.90 Å². The zero-order valence-electron chi connectivity index (χ0n) is 11.3. The number of likely N-dealkylation sites (N-methyl/N-ethyl adjacent to an activating group) is 1. The van der Waals surface area contributed by atoms with Crippen LogP contribution in [0.2, 0.25) is 0 Å². The van der Waals surface area contributed by atoms with Crippen molar-refractivity contribution in [2.75, 3.05) is 13.1 Å². The van der Waals surface area contributed by atoms with Gasteiger partial charge in [-0.15, -0.1) is 0 Å². The van der Waals surface area contributed by atoms with Crippen molar-refractivity contribution in [1.82, 2.24) is 4.90 Å². The molecule has 0 fully saturated rings. The van der Waals surface area contributed by atoms with E-state index in [1.807, 2.05) is 6.92 Å². The smallest absolute Gasteiger partial charge is 0.110 e. The normalized spacial score (nSPS) is 14.4. The van der Waals surface area contributed by atoms with Crippen LogP contribution in [0.25, 0.3) is 0 Å². The molecule has 1 rings (SSSR count). The number of benzene rings is 1. The maximum atomic E-state index is 9.44. The van der Waals surface area contributed by atoms with Crippen LogP contribution in [0.15, 0.2) is 24.3 Å². The lowest BCUT2D eigenvalue weighted by molar-refractivity contribution is 0.169. The van der Waals surface area contributed by atoms with Gasteiger partial charge in [-0.25, -0.2) is 0 Å². The minimum absolute atomic E-state index is 0.404. The number of nitrogens with zero attached hydrogens (tertiary/aromatic N) is 2. The fourth-order valence-electron chi connectivity index (χ4n) is 2.25. The van der Waals surface area contributed by atoms with Crippen LogP contribution in [0, 0.1) is 18.3 Å². The van der Waals surface area contributed by atoms with Crippen molar-refractivity contribution in [2.24, 2.45) is 0 Å². The molecule has 0 saturated heterocycles. The van der Waals surface area contributed by atoms with E-state index in [-0.39, 0.29) is 0 Å². The second-order valence-electron chi connectivity index (χ2n) is 4.72. The van der Waals surface area contributed by atoms with Crippen molar-refractivity contribution in [3.63, 3.8) is 0 Å². The first-order chi connectivity index (χ1) is 8.05. The number of aryl methyl sites for hydroxylation is 1. The van der Waals surface area contributed by atoms with Gasteiger partial charge >= 0.3 is 0 Å². The van der Waals surface area contributed by atoms with Crippen molar-refractivity contribution in [1.29, 1.82) is 5.26 Å². The number of hydrogen-bond acceptors (Lipinski definition) is 2. The molecule has 1 aromatic rings. The van der Waals surface area contributed by atoms with E-state index < -0.39 is 5.54 Å². The summed E-state index contributed by atoms with van der Waals surface area (Å²) in [4.78, 5) is 2.22. The molecular weight excluding hydrogens is 208 g/mol. The third-order valence-electron chi connectivity index (χ3n) is 3.37. The van der Waals surface area contributed by atoms with Crippen LogP contribution in [0.4, 0.5) is 0 Å². The molecule has 0 N–H and O–H groups in total. The number of nitriles is 1. The molecule has 2 nitrogen and oxygen atoms in total. The van der Waals surface area contributed by atoms with Gasteiger partial charge in [0.1, 0.15) is 5.54 Å². The Hall–Kier alpha value is -1.33. The Bertz CT molecular complexity index is 384. The maximum absolute atomic E-state index is 9.44. The molecule has 17 heavy (non-hydrogen) atoms. The summed E-state index contributed by atoms with van der Waals surface area (Å²) in [6.07, 6.45) is 0.783. The van der Waals surface area contributed by atoms with E-state index in [1.165, 1.54) is 11.1 Å². The Morgan fingerprint density at radius 2 is 1.71 bits per heavy atom. The first kappa shape index (κ1) is 13.7.